The van der Waals surface area contributed by atoms with Crippen LogP contribution in [-0.2, 0) is 0 Å². The lowest BCUT2D eigenvalue weighted by atomic mass is 10.2. The Labute approximate surface area is 118 Å². The Kier molecular flexibility index (Phi) is 3.79. The second-order valence-electron chi connectivity index (χ2n) is 4.24. The number of aromatic nitrogens is 1. The normalized spacial score (nSPS) is 10.2. The second kappa shape index (κ2) is 5.53. The molecular weight excluding hydrogens is 281 g/mol. The fourth-order valence-electron chi connectivity index (χ4n) is 1.70. The molecule has 0 saturated heterocycles. The van der Waals surface area contributed by atoms with Crippen molar-refractivity contribution in [2.75, 3.05) is 5.32 Å². The molecular formula is C13H10FN3O4. The van der Waals surface area contributed by atoms with Crippen molar-refractivity contribution in [1.29, 1.82) is 0 Å². The maximum Gasteiger partial charge on any atom is 0.335 e. The summed E-state index contributed by atoms with van der Waals surface area (Å²) in [4.78, 5) is 24.6. The van der Waals surface area contributed by atoms with Crippen molar-refractivity contribution in [2.45, 2.75) is 6.92 Å². The Morgan fingerprint density at radius 3 is 2.67 bits per heavy atom. The minimum absolute atomic E-state index is 0.0285. The number of benzene rings is 1. The Balaban J connectivity index is 2.28. The summed E-state index contributed by atoms with van der Waals surface area (Å²) >= 11 is 0. The van der Waals surface area contributed by atoms with Gasteiger partial charge in [0, 0.05) is 5.56 Å². The summed E-state index contributed by atoms with van der Waals surface area (Å²) in [6.45, 7) is 1.54. The third-order valence-electron chi connectivity index (χ3n) is 2.76. The number of nitro groups is 1. The third kappa shape index (κ3) is 3.11. The van der Waals surface area contributed by atoms with Gasteiger partial charge < -0.3 is 10.4 Å². The first-order valence-electron chi connectivity index (χ1n) is 5.79. The highest BCUT2D eigenvalue weighted by Crippen LogP contribution is 2.23. The summed E-state index contributed by atoms with van der Waals surface area (Å²) in [5.41, 5.74) is 0.0916. The molecule has 0 saturated carbocycles. The lowest BCUT2D eigenvalue weighted by Gasteiger charge is -2.08. The van der Waals surface area contributed by atoms with Crippen molar-refractivity contribution >= 4 is 23.2 Å². The number of rotatable bonds is 4. The van der Waals surface area contributed by atoms with E-state index in [-0.39, 0.29) is 22.8 Å². The van der Waals surface area contributed by atoms with Crippen LogP contribution in [0.25, 0.3) is 0 Å². The largest absolute Gasteiger partial charge is 0.478 e. The van der Waals surface area contributed by atoms with Crippen LogP contribution in [0.3, 0.4) is 0 Å². The summed E-state index contributed by atoms with van der Waals surface area (Å²) in [5.74, 6) is -1.77. The van der Waals surface area contributed by atoms with E-state index in [0.717, 1.165) is 12.3 Å². The van der Waals surface area contributed by atoms with Crippen LogP contribution in [0, 0.1) is 22.9 Å². The molecule has 0 fully saturated rings. The summed E-state index contributed by atoms with van der Waals surface area (Å²) in [6.07, 6.45) is 1.07. The van der Waals surface area contributed by atoms with E-state index < -0.39 is 16.7 Å². The van der Waals surface area contributed by atoms with Crippen LogP contribution in [0.5, 0.6) is 0 Å². The zero-order valence-corrected chi connectivity index (χ0v) is 10.8. The molecule has 1 heterocycles. The van der Waals surface area contributed by atoms with Gasteiger partial charge in [-0.15, -0.1) is 0 Å². The number of nitrogens with one attached hydrogen (secondary N) is 1. The van der Waals surface area contributed by atoms with Crippen LogP contribution in [0.15, 0.2) is 30.5 Å². The van der Waals surface area contributed by atoms with E-state index in [1.807, 2.05) is 0 Å². The van der Waals surface area contributed by atoms with Crippen LogP contribution in [-0.4, -0.2) is 21.0 Å². The SMILES string of the molecule is Cc1cc(Nc2ccc(C(=O)O)cc2F)ncc1[N+](=O)[O-]. The molecule has 108 valence electrons. The number of nitrogens with zero attached hydrogens (tertiary/aromatic N) is 2. The van der Waals surface area contributed by atoms with Crippen molar-refractivity contribution in [1.82, 2.24) is 4.98 Å². The van der Waals surface area contributed by atoms with E-state index >= 15 is 0 Å². The molecule has 0 bridgehead atoms. The monoisotopic (exact) mass is 291 g/mol. The van der Waals surface area contributed by atoms with Crippen molar-refractivity contribution in [3.8, 4) is 0 Å². The smallest absolute Gasteiger partial charge is 0.335 e. The summed E-state index contributed by atoms with van der Waals surface area (Å²) in [6, 6.07) is 4.79. The van der Waals surface area contributed by atoms with Gasteiger partial charge >= 0.3 is 5.97 Å². The molecule has 0 spiro atoms. The lowest BCUT2D eigenvalue weighted by Crippen LogP contribution is -2.01. The van der Waals surface area contributed by atoms with E-state index in [4.69, 9.17) is 5.11 Å². The first-order chi connectivity index (χ1) is 9.88. The molecule has 1 aromatic carbocycles. The molecule has 0 unspecified atom stereocenters. The number of halogens is 1. The zero-order valence-electron chi connectivity index (χ0n) is 10.8. The number of anilines is 2. The Bertz CT molecular complexity index is 733. The fourth-order valence-corrected chi connectivity index (χ4v) is 1.70. The second-order valence-corrected chi connectivity index (χ2v) is 4.24. The van der Waals surface area contributed by atoms with Crippen LogP contribution in [0.2, 0.25) is 0 Å². The third-order valence-corrected chi connectivity index (χ3v) is 2.76. The predicted molar refractivity (Wildman–Crippen MR) is 72.3 cm³/mol. The van der Waals surface area contributed by atoms with Gasteiger partial charge in [-0.1, -0.05) is 0 Å². The molecule has 0 aliphatic heterocycles. The lowest BCUT2D eigenvalue weighted by molar-refractivity contribution is -0.385. The fraction of sp³-hybridized carbons (Fsp3) is 0.0769. The number of aryl methyl sites for hydroxylation is 1. The molecule has 0 radical (unpaired) electrons. The molecule has 7 nitrogen and oxygen atoms in total. The van der Waals surface area contributed by atoms with Gasteiger partial charge in [-0.25, -0.2) is 14.2 Å². The molecule has 1 aromatic heterocycles. The number of carboxylic acids is 1. The average molecular weight is 291 g/mol. The van der Waals surface area contributed by atoms with Gasteiger partial charge in [-0.2, -0.15) is 0 Å². The maximum absolute atomic E-state index is 13.7. The van der Waals surface area contributed by atoms with Crippen molar-refractivity contribution in [3.63, 3.8) is 0 Å². The molecule has 8 heteroatoms. The number of hydrogen-bond acceptors (Lipinski definition) is 5. The van der Waals surface area contributed by atoms with Crippen molar-refractivity contribution in [2.24, 2.45) is 0 Å². The van der Waals surface area contributed by atoms with E-state index in [1.54, 1.807) is 0 Å². The highest BCUT2D eigenvalue weighted by Gasteiger charge is 2.13. The van der Waals surface area contributed by atoms with Crippen molar-refractivity contribution < 1.29 is 19.2 Å². The van der Waals surface area contributed by atoms with Gasteiger partial charge in [-0.05, 0) is 31.2 Å². The molecule has 0 atom stereocenters. The number of pyridine rings is 1. The topological polar surface area (TPSA) is 105 Å². The van der Waals surface area contributed by atoms with Crippen molar-refractivity contribution in [3.05, 3.63) is 57.5 Å². The van der Waals surface area contributed by atoms with Crippen LogP contribution in [0.1, 0.15) is 15.9 Å². The standard InChI is InChI=1S/C13H10FN3O4/c1-7-4-12(15-6-11(7)17(20)21)16-10-3-2-8(13(18)19)5-9(10)14/h2-6H,1H3,(H,15,16)(H,18,19). The van der Waals surface area contributed by atoms with Gasteiger partial charge in [0.1, 0.15) is 17.8 Å². The van der Waals surface area contributed by atoms with Gasteiger partial charge in [-0.3, -0.25) is 10.1 Å². The van der Waals surface area contributed by atoms with Crippen LogP contribution < -0.4 is 5.32 Å². The molecule has 2 N–H and O–H groups in total. The molecule has 0 amide bonds. The molecule has 2 rings (SSSR count). The Morgan fingerprint density at radius 1 is 1.43 bits per heavy atom. The van der Waals surface area contributed by atoms with Gasteiger partial charge in [0.05, 0.1) is 16.2 Å². The molecule has 21 heavy (non-hydrogen) atoms. The number of carbonyl (C=O) groups is 1. The minimum atomic E-state index is -1.23. The average Bonchev–Trinajstić information content (AvgIpc) is 2.40. The summed E-state index contributed by atoms with van der Waals surface area (Å²) in [7, 11) is 0. The predicted octanol–water partition coefficient (Wildman–Crippen LogP) is 2.88. The van der Waals surface area contributed by atoms with E-state index in [1.165, 1.54) is 25.1 Å². The zero-order chi connectivity index (χ0) is 15.6. The first-order valence-corrected chi connectivity index (χ1v) is 5.79. The Morgan fingerprint density at radius 2 is 2.14 bits per heavy atom. The van der Waals surface area contributed by atoms with E-state index in [0.29, 0.717) is 5.56 Å². The quantitative estimate of drug-likeness (QED) is 0.662. The maximum atomic E-state index is 13.7. The van der Waals surface area contributed by atoms with Gasteiger partial charge in [0.15, 0.2) is 0 Å². The first kappa shape index (κ1) is 14.4. The number of aromatic carboxylic acids is 1. The van der Waals surface area contributed by atoms with Gasteiger partial charge in [0.25, 0.3) is 5.69 Å². The molecule has 2 aromatic rings. The highest BCUT2D eigenvalue weighted by atomic mass is 19.1. The van der Waals surface area contributed by atoms with E-state index in [9.17, 15) is 19.3 Å². The summed E-state index contributed by atoms with van der Waals surface area (Å²) in [5, 5.41) is 22.1. The number of hydrogen-bond donors (Lipinski definition) is 2. The minimum Gasteiger partial charge on any atom is -0.478 e. The van der Waals surface area contributed by atoms with Gasteiger partial charge in [0.2, 0.25) is 0 Å². The highest BCUT2D eigenvalue weighted by molar-refractivity contribution is 5.88. The summed E-state index contributed by atoms with van der Waals surface area (Å²) < 4.78 is 13.7. The Hall–Kier alpha value is -3.03. The van der Waals surface area contributed by atoms with Crippen LogP contribution in [0.4, 0.5) is 21.6 Å². The molecule has 0 aliphatic rings. The van der Waals surface area contributed by atoms with E-state index in [2.05, 4.69) is 10.3 Å². The number of carboxylic acid groups (broad SMARTS) is 1. The van der Waals surface area contributed by atoms with Crippen LogP contribution >= 0.6 is 0 Å². The molecule has 0 aliphatic carbocycles.